The third-order valence-electron chi connectivity index (χ3n) is 2.55. The van der Waals surface area contributed by atoms with E-state index in [0.717, 1.165) is 24.1 Å². The minimum Gasteiger partial charge on any atom is -0.310 e. The Morgan fingerprint density at radius 2 is 2.25 bits per heavy atom. The topological polar surface area (TPSA) is 12.0 Å². The van der Waals surface area contributed by atoms with Crippen LogP contribution in [0.3, 0.4) is 0 Å². The summed E-state index contributed by atoms with van der Waals surface area (Å²) in [4.78, 5) is 0. The Morgan fingerprint density at radius 3 is 2.88 bits per heavy atom. The highest BCUT2D eigenvalue weighted by Gasteiger charge is 2.14. The standard InChI is InChI=1S/C14H18FN/c1-4-6-7-14(16-5-2)12-10-11(3)8-9-13(12)15/h1,8-10,14,16H,5-7H2,2-3H3. The number of rotatable bonds is 5. The number of terminal acetylenes is 1. The van der Waals surface area contributed by atoms with Gasteiger partial charge in [0.05, 0.1) is 0 Å². The molecule has 0 heterocycles. The Morgan fingerprint density at radius 1 is 1.50 bits per heavy atom. The number of benzene rings is 1. The van der Waals surface area contributed by atoms with E-state index in [2.05, 4.69) is 11.2 Å². The second-order valence-electron chi connectivity index (χ2n) is 3.88. The molecule has 16 heavy (non-hydrogen) atoms. The summed E-state index contributed by atoms with van der Waals surface area (Å²) in [5, 5.41) is 3.27. The van der Waals surface area contributed by atoms with Crippen LogP contribution in [0.25, 0.3) is 0 Å². The molecule has 0 aliphatic carbocycles. The molecule has 1 unspecified atom stereocenters. The van der Waals surface area contributed by atoms with E-state index < -0.39 is 0 Å². The van der Waals surface area contributed by atoms with Gasteiger partial charge in [0.1, 0.15) is 5.82 Å². The molecule has 0 aliphatic heterocycles. The monoisotopic (exact) mass is 219 g/mol. The predicted octanol–water partition coefficient (Wildman–Crippen LogP) is 3.20. The van der Waals surface area contributed by atoms with Crippen molar-refractivity contribution in [1.82, 2.24) is 5.32 Å². The average Bonchev–Trinajstić information content (AvgIpc) is 2.28. The quantitative estimate of drug-likeness (QED) is 0.750. The van der Waals surface area contributed by atoms with Crippen LogP contribution in [-0.4, -0.2) is 6.54 Å². The Kier molecular flexibility index (Phi) is 5.01. The molecule has 0 saturated heterocycles. The molecule has 86 valence electrons. The number of nitrogens with one attached hydrogen (secondary N) is 1. The Labute approximate surface area is 97.1 Å². The van der Waals surface area contributed by atoms with Gasteiger partial charge < -0.3 is 5.32 Å². The van der Waals surface area contributed by atoms with Gasteiger partial charge in [-0.25, -0.2) is 4.39 Å². The van der Waals surface area contributed by atoms with Crippen LogP contribution >= 0.6 is 0 Å². The molecule has 0 bridgehead atoms. The second-order valence-corrected chi connectivity index (χ2v) is 3.88. The molecular weight excluding hydrogens is 201 g/mol. The van der Waals surface area contributed by atoms with Crippen molar-refractivity contribution in [3.63, 3.8) is 0 Å². The van der Waals surface area contributed by atoms with Gasteiger partial charge >= 0.3 is 0 Å². The zero-order valence-electron chi connectivity index (χ0n) is 9.89. The number of hydrogen-bond acceptors (Lipinski definition) is 1. The summed E-state index contributed by atoms with van der Waals surface area (Å²) < 4.78 is 13.7. The van der Waals surface area contributed by atoms with Crippen LogP contribution in [0, 0.1) is 25.1 Å². The van der Waals surface area contributed by atoms with Crippen molar-refractivity contribution in [3.8, 4) is 12.3 Å². The number of halogens is 1. The summed E-state index contributed by atoms with van der Waals surface area (Å²) >= 11 is 0. The van der Waals surface area contributed by atoms with Crippen LogP contribution in [0.2, 0.25) is 0 Å². The van der Waals surface area contributed by atoms with E-state index in [4.69, 9.17) is 6.42 Å². The van der Waals surface area contributed by atoms with Crippen LogP contribution in [0.4, 0.5) is 4.39 Å². The summed E-state index contributed by atoms with van der Waals surface area (Å²) in [5.74, 6) is 2.44. The lowest BCUT2D eigenvalue weighted by molar-refractivity contribution is 0.490. The first-order valence-electron chi connectivity index (χ1n) is 5.62. The fraction of sp³-hybridized carbons (Fsp3) is 0.429. The fourth-order valence-corrected chi connectivity index (χ4v) is 1.77. The molecule has 0 saturated carbocycles. The van der Waals surface area contributed by atoms with Crippen molar-refractivity contribution in [2.24, 2.45) is 0 Å². The number of aryl methyl sites for hydroxylation is 1. The minimum atomic E-state index is -0.159. The van der Waals surface area contributed by atoms with Gasteiger partial charge in [-0.1, -0.05) is 24.6 Å². The molecule has 2 heteroatoms. The summed E-state index contributed by atoms with van der Waals surface area (Å²) in [6.45, 7) is 4.78. The van der Waals surface area contributed by atoms with Crippen molar-refractivity contribution in [2.45, 2.75) is 32.7 Å². The summed E-state index contributed by atoms with van der Waals surface area (Å²) in [6.07, 6.45) is 6.67. The maximum atomic E-state index is 13.7. The maximum absolute atomic E-state index is 13.7. The molecule has 0 aliphatic rings. The Bertz CT molecular complexity index is 379. The van der Waals surface area contributed by atoms with E-state index in [0.29, 0.717) is 6.42 Å². The highest BCUT2D eigenvalue weighted by Crippen LogP contribution is 2.22. The third kappa shape index (κ3) is 3.36. The average molecular weight is 219 g/mol. The first-order valence-corrected chi connectivity index (χ1v) is 5.62. The van der Waals surface area contributed by atoms with Crippen molar-refractivity contribution >= 4 is 0 Å². The molecule has 1 nitrogen and oxygen atoms in total. The van der Waals surface area contributed by atoms with E-state index in [1.807, 2.05) is 19.9 Å². The first-order chi connectivity index (χ1) is 7.69. The van der Waals surface area contributed by atoms with Crippen LogP contribution in [0.1, 0.15) is 36.9 Å². The lowest BCUT2D eigenvalue weighted by Crippen LogP contribution is -2.21. The van der Waals surface area contributed by atoms with E-state index in [9.17, 15) is 4.39 Å². The molecule has 0 amide bonds. The summed E-state index contributed by atoms with van der Waals surface area (Å²) in [7, 11) is 0. The fourth-order valence-electron chi connectivity index (χ4n) is 1.77. The molecule has 0 fully saturated rings. The number of hydrogen-bond donors (Lipinski definition) is 1. The van der Waals surface area contributed by atoms with E-state index >= 15 is 0 Å². The molecule has 1 atom stereocenters. The van der Waals surface area contributed by atoms with Gasteiger partial charge in [-0.15, -0.1) is 12.3 Å². The summed E-state index contributed by atoms with van der Waals surface area (Å²) in [5.41, 5.74) is 1.79. The normalized spacial score (nSPS) is 12.1. The van der Waals surface area contributed by atoms with Crippen LogP contribution in [0.15, 0.2) is 18.2 Å². The minimum absolute atomic E-state index is 0.0148. The highest BCUT2D eigenvalue weighted by atomic mass is 19.1. The smallest absolute Gasteiger partial charge is 0.127 e. The van der Waals surface area contributed by atoms with Gasteiger partial charge in [0, 0.05) is 18.0 Å². The van der Waals surface area contributed by atoms with Gasteiger partial charge in [0.25, 0.3) is 0 Å². The van der Waals surface area contributed by atoms with E-state index in [-0.39, 0.29) is 11.9 Å². The lowest BCUT2D eigenvalue weighted by atomic mass is 9.99. The van der Waals surface area contributed by atoms with E-state index in [1.54, 1.807) is 6.07 Å². The van der Waals surface area contributed by atoms with Crippen molar-refractivity contribution in [1.29, 1.82) is 0 Å². The zero-order valence-corrected chi connectivity index (χ0v) is 9.89. The van der Waals surface area contributed by atoms with Gasteiger partial charge in [0.15, 0.2) is 0 Å². The molecule has 1 N–H and O–H groups in total. The molecule has 1 rings (SSSR count). The van der Waals surface area contributed by atoms with Crippen molar-refractivity contribution in [3.05, 3.63) is 35.1 Å². The van der Waals surface area contributed by atoms with Crippen LogP contribution < -0.4 is 5.32 Å². The molecule has 1 aromatic carbocycles. The second kappa shape index (κ2) is 6.30. The van der Waals surface area contributed by atoms with E-state index in [1.165, 1.54) is 6.07 Å². The lowest BCUT2D eigenvalue weighted by Gasteiger charge is -2.18. The first kappa shape index (κ1) is 12.7. The van der Waals surface area contributed by atoms with Gasteiger partial charge in [-0.2, -0.15) is 0 Å². The SMILES string of the molecule is C#CCCC(NCC)c1cc(C)ccc1F. The zero-order chi connectivity index (χ0) is 12.0. The predicted molar refractivity (Wildman–Crippen MR) is 65.6 cm³/mol. The molecule has 0 aromatic heterocycles. The van der Waals surface area contributed by atoms with Crippen LogP contribution in [-0.2, 0) is 0 Å². The van der Waals surface area contributed by atoms with Crippen LogP contribution in [0.5, 0.6) is 0 Å². The van der Waals surface area contributed by atoms with Gasteiger partial charge in [0.2, 0.25) is 0 Å². The molecule has 1 aromatic rings. The van der Waals surface area contributed by atoms with Crippen molar-refractivity contribution < 1.29 is 4.39 Å². The van der Waals surface area contributed by atoms with Gasteiger partial charge in [-0.3, -0.25) is 0 Å². The molecule has 0 spiro atoms. The Balaban J connectivity index is 2.91. The molecule has 0 radical (unpaired) electrons. The third-order valence-corrected chi connectivity index (χ3v) is 2.55. The highest BCUT2D eigenvalue weighted by molar-refractivity contribution is 5.27. The molecular formula is C14H18FN. The Hall–Kier alpha value is -1.33. The maximum Gasteiger partial charge on any atom is 0.127 e. The van der Waals surface area contributed by atoms with Gasteiger partial charge in [-0.05, 0) is 26.0 Å². The summed E-state index contributed by atoms with van der Waals surface area (Å²) in [6, 6.07) is 5.20. The largest absolute Gasteiger partial charge is 0.310 e. The van der Waals surface area contributed by atoms with Crippen molar-refractivity contribution in [2.75, 3.05) is 6.54 Å².